The molecular weight excluding hydrogens is 743 g/mol. The summed E-state index contributed by atoms with van der Waals surface area (Å²) in [4.78, 5) is 2.37. The number of anilines is 3. The zero-order valence-electron chi connectivity index (χ0n) is 32.9. The summed E-state index contributed by atoms with van der Waals surface area (Å²) in [5.41, 5.74) is 15.3. The predicted molar refractivity (Wildman–Crippen MR) is 259 cm³/mol. The van der Waals surface area contributed by atoms with E-state index in [1.165, 1.54) is 86.6 Å². The van der Waals surface area contributed by atoms with Gasteiger partial charge in [0.05, 0.1) is 0 Å². The predicted octanol–water partition coefficient (Wildman–Crippen LogP) is 17.0. The average molecular weight is 782 g/mol. The molecule has 0 saturated heterocycles. The van der Waals surface area contributed by atoms with Crippen molar-refractivity contribution in [1.29, 1.82) is 0 Å². The van der Waals surface area contributed by atoms with Gasteiger partial charge in [-0.1, -0.05) is 176 Å². The maximum Gasteiger partial charge on any atom is 0.0467 e. The van der Waals surface area contributed by atoms with E-state index in [0.29, 0.717) is 0 Å². The van der Waals surface area contributed by atoms with Crippen LogP contribution in [0.4, 0.5) is 17.1 Å². The van der Waals surface area contributed by atoms with Crippen LogP contribution < -0.4 is 4.90 Å². The number of benzene rings is 10. The molecular formula is C58H39NS. The van der Waals surface area contributed by atoms with Gasteiger partial charge >= 0.3 is 0 Å². The molecule has 11 rings (SSSR count). The van der Waals surface area contributed by atoms with E-state index < -0.39 is 0 Å². The molecule has 0 aliphatic carbocycles. The largest absolute Gasteiger partial charge is 0.310 e. The first-order valence-corrected chi connectivity index (χ1v) is 21.3. The highest BCUT2D eigenvalue weighted by Crippen LogP contribution is 2.40. The average Bonchev–Trinajstić information content (AvgIpc) is 3.69. The van der Waals surface area contributed by atoms with E-state index in [1.807, 2.05) is 11.3 Å². The third-order valence-electron chi connectivity index (χ3n) is 11.7. The van der Waals surface area contributed by atoms with Gasteiger partial charge in [-0.15, -0.1) is 11.3 Å². The highest BCUT2D eigenvalue weighted by molar-refractivity contribution is 7.25. The van der Waals surface area contributed by atoms with Gasteiger partial charge in [0.25, 0.3) is 0 Å². The fourth-order valence-corrected chi connectivity index (χ4v) is 9.63. The SMILES string of the molecule is c1ccc(-c2ccc(-c3ccc(N(c4ccc(-c5ccc6cc7c(cc6c5)sc5ccccc57)cc4)c4cccc(-c5ccc(-c6ccccc6)cc5)c4)cc3)cc2)cc1. The van der Waals surface area contributed by atoms with Gasteiger partial charge in [0, 0.05) is 37.2 Å². The molecule has 1 nitrogen and oxygen atoms in total. The summed E-state index contributed by atoms with van der Waals surface area (Å²) in [6.45, 7) is 0. The number of thiophene rings is 1. The summed E-state index contributed by atoms with van der Waals surface area (Å²) in [7, 11) is 0. The van der Waals surface area contributed by atoms with Crippen molar-refractivity contribution in [2.75, 3.05) is 4.90 Å². The van der Waals surface area contributed by atoms with E-state index >= 15 is 0 Å². The van der Waals surface area contributed by atoms with Crippen molar-refractivity contribution in [2.24, 2.45) is 0 Å². The number of hydrogen-bond donors (Lipinski definition) is 0. The highest BCUT2D eigenvalue weighted by Gasteiger charge is 2.15. The molecule has 0 bridgehead atoms. The smallest absolute Gasteiger partial charge is 0.0467 e. The highest BCUT2D eigenvalue weighted by atomic mass is 32.1. The summed E-state index contributed by atoms with van der Waals surface area (Å²) in [5.74, 6) is 0. The first kappa shape index (κ1) is 35.6. The fraction of sp³-hybridized carbons (Fsp3) is 0. The van der Waals surface area contributed by atoms with Crippen LogP contribution in [0.2, 0.25) is 0 Å². The van der Waals surface area contributed by atoms with E-state index in [9.17, 15) is 0 Å². The second kappa shape index (κ2) is 15.3. The second-order valence-electron chi connectivity index (χ2n) is 15.4. The van der Waals surface area contributed by atoms with Gasteiger partial charge in [-0.3, -0.25) is 0 Å². The van der Waals surface area contributed by atoms with Crippen molar-refractivity contribution in [1.82, 2.24) is 0 Å². The van der Waals surface area contributed by atoms with Crippen LogP contribution in [-0.4, -0.2) is 0 Å². The Morgan fingerprint density at radius 3 is 1.23 bits per heavy atom. The summed E-state index contributed by atoms with van der Waals surface area (Å²) in [5, 5.41) is 5.20. The quantitative estimate of drug-likeness (QED) is 0.148. The first-order valence-electron chi connectivity index (χ1n) is 20.5. The maximum absolute atomic E-state index is 2.37. The Hall–Kier alpha value is -7.52. The standard InChI is InChI=1S/C58H39NS/c1-3-10-40(11-4-1)42-18-20-44(21-19-42)45-28-32-52(33-29-45)59(54-15-9-14-48(37-54)46-24-22-43(23-25-46)41-12-5-2-6-13-41)53-34-30-47(31-35-53)49-26-27-50-38-56-55-16-7-8-17-57(55)60-58(56)39-51(50)36-49/h1-39H. The summed E-state index contributed by atoms with van der Waals surface area (Å²) >= 11 is 1.87. The molecule has 10 aromatic carbocycles. The summed E-state index contributed by atoms with van der Waals surface area (Å²) in [6, 6.07) is 86.1. The Bertz CT molecular complexity index is 3260. The molecule has 0 aliphatic rings. The molecule has 1 aromatic heterocycles. The van der Waals surface area contributed by atoms with E-state index in [1.54, 1.807) is 0 Å². The van der Waals surface area contributed by atoms with Crippen LogP contribution in [0.25, 0.3) is 86.6 Å². The zero-order chi connectivity index (χ0) is 39.8. The topological polar surface area (TPSA) is 3.24 Å². The monoisotopic (exact) mass is 781 g/mol. The fourth-order valence-electron chi connectivity index (χ4n) is 8.50. The minimum absolute atomic E-state index is 1.10. The Labute approximate surface area is 354 Å². The van der Waals surface area contributed by atoms with Crippen LogP contribution in [0, 0.1) is 0 Å². The molecule has 60 heavy (non-hydrogen) atoms. The number of nitrogens with zero attached hydrogens (tertiary/aromatic N) is 1. The molecule has 1 heterocycles. The van der Waals surface area contributed by atoms with E-state index in [4.69, 9.17) is 0 Å². The molecule has 11 aromatic rings. The van der Waals surface area contributed by atoms with Crippen LogP contribution >= 0.6 is 11.3 Å². The van der Waals surface area contributed by atoms with Gasteiger partial charge in [0.2, 0.25) is 0 Å². The van der Waals surface area contributed by atoms with Gasteiger partial charge in [-0.05, 0) is 127 Å². The molecule has 0 N–H and O–H groups in total. The van der Waals surface area contributed by atoms with Crippen LogP contribution in [0.1, 0.15) is 0 Å². The first-order chi connectivity index (χ1) is 29.7. The van der Waals surface area contributed by atoms with Crippen LogP contribution in [0.15, 0.2) is 237 Å². The van der Waals surface area contributed by atoms with E-state index in [2.05, 4.69) is 241 Å². The molecule has 0 saturated carbocycles. The third-order valence-corrected chi connectivity index (χ3v) is 12.8. The van der Waals surface area contributed by atoms with Crippen molar-refractivity contribution in [3.63, 3.8) is 0 Å². The minimum Gasteiger partial charge on any atom is -0.310 e. The summed E-state index contributed by atoms with van der Waals surface area (Å²) < 4.78 is 2.67. The van der Waals surface area contributed by atoms with Gasteiger partial charge < -0.3 is 4.90 Å². The lowest BCUT2D eigenvalue weighted by Crippen LogP contribution is -2.10. The van der Waals surface area contributed by atoms with E-state index in [0.717, 1.165) is 17.1 Å². The minimum atomic E-state index is 1.10. The lowest BCUT2D eigenvalue weighted by Gasteiger charge is -2.26. The van der Waals surface area contributed by atoms with Crippen molar-refractivity contribution < 1.29 is 0 Å². The van der Waals surface area contributed by atoms with E-state index in [-0.39, 0.29) is 0 Å². The second-order valence-corrected chi connectivity index (χ2v) is 16.5. The van der Waals surface area contributed by atoms with Crippen molar-refractivity contribution >= 4 is 59.3 Å². The summed E-state index contributed by atoms with van der Waals surface area (Å²) in [6.07, 6.45) is 0. The molecule has 0 fully saturated rings. The number of hydrogen-bond acceptors (Lipinski definition) is 2. The Kier molecular flexibility index (Phi) is 9.11. The lowest BCUT2D eigenvalue weighted by molar-refractivity contribution is 1.28. The Balaban J connectivity index is 0.942. The van der Waals surface area contributed by atoms with Gasteiger partial charge in [-0.25, -0.2) is 0 Å². The van der Waals surface area contributed by atoms with Crippen LogP contribution in [0.3, 0.4) is 0 Å². The molecule has 0 amide bonds. The molecule has 0 unspecified atom stereocenters. The molecule has 0 atom stereocenters. The molecule has 2 heteroatoms. The Morgan fingerprint density at radius 1 is 0.233 bits per heavy atom. The van der Waals surface area contributed by atoms with Crippen molar-refractivity contribution in [3.05, 3.63) is 237 Å². The van der Waals surface area contributed by atoms with Gasteiger partial charge in [-0.2, -0.15) is 0 Å². The van der Waals surface area contributed by atoms with Gasteiger partial charge in [0.15, 0.2) is 0 Å². The molecule has 0 aliphatic heterocycles. The number of rotatable bonds is 8. The zero-order valence-corrected chi connectivity index (χ0v) is 33.7. The lowest BCUT2D eigenvalue weighted by atomic mass is 9.98. The van der Waals surface area contributed by atoms with Crippen molar-refractivity contribution in [2.45, 2.75) is 0 Å². The Morgan fingerprint density at radius 2 is 0.667 bits per heavy atom. The number of fused-ring (bicyclic) bond motifs is 4. The van der Waals surface area contributed by atoms with Gasteiger partial charge in [0.1, 0.15) is 0 Å². The third kappa shape index (κ3) is 6.83. The molecule has 0 radical (unpaired) electrons. The molecule has 0 spiro atoms. The van der Waals surface area contributed by atoms with Crippen molar-refractivity contribution in [3.8, 4) is 55.6 Å². The maximum atomic E-state index is 2.37. The van der Waals surface area contributed by atoms with Crippen LogP contribution in [0.5, 0.6) is 0 Å². The normalized spacial score (nSPS) is 11.3. The van der Waals surface area contributed by atoms with Crippen LogP contribution in [-0.2, 0) is 0 Å². The molecule has 282 valence electrons.